The van der Waals surface area contributed by atoms with E-state index in [0.717, 1.165) is 30.5 Å². The van der Waals surface area contributed by atoms with Crippen molar-refractivity contribution in [2.75, 3.05) is 33.2 Å². The average Bonchev–Trinajstić information content (AvgIpc) is 2.91. The highest BCUT2D eigenvalue weighted by Crippen LogP contribution is 2.34. The summed E-state index contributed by atoms with van der Waals surface area (Å²) in [5.74, 6) is 1.54. The number of aromatic nitrogens is 3. The number of benzene rings is 1. The molecule has 178 valence electrons. The monoisotopic (exact) mass is 463 g/mol. The normalized spacial score (nSPS) is 16.4. The molecule has 1 N–H and O–H groups in total. The zero-order chi connectivity index (χ0) is 23.9. The van der Waals surface area contributed by atoms with Gasteiger partial charge in [0.15, 0.2) is 6.04 Å². The molecule has 0 aliphatic carbocycles. The van der Waals surface area contributed by atoms with E-state index in [-0.39, 0.29) is 11.9 Å². The van der Waals surface area contributed by atoms with E-state index in [1.165, 1.54) is 13.3 Å². The van der Waals surface area contributed by atoms with Crippen LogP contribution >= 0.6 is 0 Å². The predicted octanol–water partition coefficient (Wildman–Crippen LogP) is 3.80. The van der Waals surface area contributed by atoms with Crippen molar-refractivity contribution < 1.29 is 19.0 Å². The summed E-state index contributed by atoms with van der Waals surface area (Å²) in [6.45, 7) is 0.648. The summed E-state index contributed by atoms with van der Waals surface area (Å²) < 4.78 is 15.7. The van der Waals surface area contributed by atoms with Gasteiger partial charge in [-0.15, -0.1) is 0 Å². The van der Waals surface area contributed by atoms with Crippen LogP contribution in [0.2, 0.25) is 0 Å². The molecule has 0 radical (unpaired) electrons. The Balaban J connectivity index is 1.66. The predicted molar refractivity (Wildman–Crippen MR) is 127 cm³/mol. The summed E-state index contributed by atoms with van der Waals surface area (Å²) in [5, 5.41) is 3.34. The third kappa shape index (κ3) is 5.19. The Morgan fingerprint density at radius 2 is 1.79 bits per heavy atom. The molecule has 3 heterocycles. The third-order valence-corrected chi connectivity index (χ3v) is 5.92. The lowest BCUT2D eigenvalue weighted by Crippen LogP contribution is -2.43. The smallest absolute Gasteiger partial charge is 0.251 e. The fourth-order valence-electron chi connectivity index (χ4n) is 4.14. The molecule has 2 atom stereocenters. The van der Waals surface area contributed by atoms with E-state index in [0.29, 0.717) is 29.7 Å². The molecule has 0 bridgehead atoms. The van der Waals surface area contributed by atoms with Gasteiger partial charge in [0.2, 0.25) is 11.8 Å². The maximum absolute atomic E-state index is 14.0. The first-order chi connectivity index (χ1) is 16.6. The number of ether oxygens (including phenoxy) is 3. The highest BCUT2D eigenvalue weighted by atomic mass is 16.5. The number of hydrogen-bond acceptors (Lipinski definition) is 8. The van der Waals surface area contributed by atoms with Gasteiger partial charge in [-0.25, -0.2) is 9.97 Å². The van der Waals surface area contributed by atoms with Crippen molar-refractivity contribution in [2.24, 2.45) is 0 Å². The topological polar surface area (TPSA) is 98.7 Å². The first-order valence-corrected chi connectivity index (χ1v) is 11.2. The van der Waals surface area contributed by atoms with Gasteiger partial charge >= 0.3 is 0 Å². The summed E-state index contributed by atoms with van der Waals surface area (Å²) in [7, 11) is 4.73. The number of rotatable bonds is 8. The van der Waals surface area contributed by atoms with Crippen LogP contribution in [0.5, 0.6) is 17.5 Å². The van der Waals surface area contributed by atoms with Crippen LogP contribution in [-0.4, -0.2) is 53.6 Å². The van der Waals surface area contributed by atoms with E-state index in [4.69, 9.17) is 14.2 Å². The number of carbonyl (C=O) groups is 1. The number of carbonyl (C=O) groups excluding carboxylic acids is 1. The molecule has 1 aromatic carbocycles. The Morgan fingerprint density at radius 1 is 0.971 bits per heavy atom. The molecule has 4 rings (SSSR count). The Morgan fingerprint density at radius 3 is 2.47 bits per heavy atom. The molecule has 1 aliphatic heterocycles. The summed E-state index contributed by atoms with van der Waals surface area (Å²) in [4.78, 5) is 29.0. The van der Waals surface area contributed by atoms with Gasteiger partial charge in [0, 0.05) is 30.6 Å². The lowest BCUT2D eigenvalue weighted by molar-refractivity contribution is -0.136. The van der Waals surface area contributed by atoms with E-state index in [1.807, 2.05) is 41.3 Å². The van der Waals surface area contributed by atoms with Crippen molar-refractivity contribution in [1.29, 1.82) is 0 Å². The van der Waals surface area contributed by atoms with Gasteiger partial charge in [-0.3, -0.25) is 9.78 Å². The van der Waals surface area contributed by atoms with Crippen LogP contribution in [0.3, 0.4) is 0 Å². The molecule has 9 heteroatoms. The Hall–Kier alpha value is -3.88. The zero-order valence-corrected chi connectivity index (χ0v) is 19.6. The minimum absolute atomic E-state index is 0.0807. The number of hydrogen-bond donors (Lipinski definition) is 1. The van der Waals surface area contributed by atoms with Crippen LogP contribution in [-0.2, 0) is 4.79 Å². The minimum atomic E-state index is -0.739. The van der Waals surface area contributed by atoms with Crippen molar-refractivity contribution in [3.05, 3.63) is 66.2 Å². The average molecular weight is 464 g/mol. The molecule has 9 nitrogen and oxygen atoms in total. The van der Waals surface area contributed by atoms with E-state index in [2.05, 4.69) is 20.3 Å². The maximum Gasteiger partial charge on any atom is 0.251 e. The standard InChI is InChI=1S/C25H29N5O4/c1-32-19-8-6-7-18(13-19)29-24(20-15-28-23(34-3)16-26-20)25(31)30-12-5-4-9-21(30)17-10-11-22(33-2)27-14-17/h6-8,10-11,13-16,21,24,29H,4-5,9,12H2,1-3H3. The number of nitrogens with zero attached hydrogens (tertiary/aromatic N) is 4. The van der Waals surface area contributed by atoms with E-state index in [1.54, 1.807) is 26.6 Å². The van der Waals surface area contributed by atoms with Crippen LogP contribution in [0, 0.1) is 0 Å². The number of pyridine rings is 1. The summed E-state index contributed by atoms with van der Waals surface area (Å²) in [6.07, 6.45) is 7.71. The van der Waals surface area contributed by atoms with E-state index < -0.39 is 6.04 Å². The fourth-order valence-corrected chi connectivity index (χ4v) is 4.14. The van der Waals surface area contributed by atoms with Crippen molar-refractivity contribution in [2.45, 2.75) is 31.3 Å². The summed E-state index contributed by atoms with van der Waals surface area (Å²) in [5.41, 5.74) is 2.23. The second-order valence-electron chi connectivity index (χ2n) is 7.97. The van der Waals surface area contributed by atoms with Crippen LogP contribution in [0.25, 0.3) is 0 Å². The fraction of sp³-hybridized carbons (Fsp3) is 0.360. The van der Waals surface area contributed by atoms with Gasteiger partial charge < -0.3 is 24.4 Å². The molecular formula is C25H29N5O4. The van der Waals surface area contributed by atoms with Crippen molar-refractivity contribution in [1.82, 2.24) is 19.9 Å². The quantitative estimate of drug-likeness (QED) is 0.539. The van der Waals surface area contributed by atoms with Crippen molar-refractivity contribution in [3.63, 3.8) is 0 Å². The molecule has 0 spiro atoms. The number of likely N-dealkylation sites (tertiary alicyclic amines) is 1. The number of methoxy groups -OCH3 is 3. The van der Waals surface area contributed by atoms with Gasteiger partial charge in [0.05, 0.1) is 45.5 Å². The van der Waals surface area contributed by atoms with Crippen molar-refractivity contribution >= 4 is 11.6 Å². The molecule has 1 fully saturated rings. The lowest BCUT2D eigenvalue weighted by atomic mass is 9.95. The van der Waals surface area contributed by atoms with Gasteiger partial charge in [0.1, 0.15) is 5.75 Å². The number of anilines is 1. The van der Waals surface area contributed by atoms with Crippen LogP contribution in [0.15, 0.2) is 55.0 Å². The van der Waals surface area contributed by atoms with Crippen molar-refractivity contribution in [3.8, 4) is 17.5 Å². The largest absolute Gasteiger partial charge is 0.497 e. The van der Waals surface area contributed by atoms with Gasteiger partial charge in [-0.2, -0.15) is 0 Å². The first-order valence-electron chi connectivity index (χ1n) is 11.2. The molecule has 1 amide bonds. The number of amides is 1. The van der Waals surface area contributed by atoms with Gasteiger partial charge in [0.25, 0.3) is 5.91 Å². The summed E-state index contributed by atoms with van der Waals surface area (Å²) in [6, 6.07) is 10.4. The van der Waals surface area contributed by atoms with E-state index >= 15 is 0 Å². The molecule has 34 heavy (non-hydrogen) atoms. The second-order valence-corrected chi connectivity index (χ2v) is 7.97. The first kappa shape index (κ1) is 23.3. The second kappa shape index (κ2) is 10.8. The summed E-state index contributed by atoms with van der Waals surface area (Å²) >= 11 is 0. The molecule has 2 unspecified atom stereocenters. The maximum atomic E-state index is 14.0. The minimum Gasteiger partial charge on any atom is -0.497 e. The van der Waals surface area contributed by atoms with Gasteiger partial charge in [-0.1, -0.05) is 12.1 Å². The molecule has 0 saturated carbocycles. The third-order valence-electron chi connectivity index (χ3n) is 5.92. The Kier molecular flexibility index (Phi) is 7.41. The zero-order valence-electron chi connectivity index (χ0n) is 19.6. The lowest BCUT2D eigenvalue weighted by Gasteiger charge is -2.38. The SMILES string of the molecule is COc1cccc(NC(C(=O)N2CCCCC2c2ccc(OC)nc2)c2cnc(OC)cn2)c1. The molecule has 1 saturated heterocycles. The van der Waals surface area contributed by atoms with Crippen LogP contribution in [0.4, 0.5) is 5.69 Å². The highest BCUT2D eigenvalue weighted by molar-refractivity contribution is 5.86. The van der Waals surface area contributed by atoms with E-state index in [9.17, 15) is 4.79 Å². The number of nitrogens with one attached hydrogen (secondary N) is 1. The number of piperidine rings is 1. The Bertz CT molecular complexity index is 1090. The van der Waals surface area contributed by atoms with Gasteiger partial charge in [-0.05, 0) is 37.0 Å². The molecule has 2 aromatic heterocycles. The Labute approximate surface area is 199 Å². The molecular weight excluding hydrogens is 434 g/mol. The van der Waals surface area contributed by atoms with Crippen LogP contribution < -0.4 is 19.5 Å². The highest BCUT2D eigenvalue weighted by Gasteiger charge is 2.34. The molecule has 1 aliphatic rings. The molecule has 3 aromatic rings. The van der Waals surface area contributed by atoms with Crippen LogP contribution in [0.1, 0.15) is 42.6 Å².